The van der Waals surface area contributed by atoms with Crippen molar-refractivity contribution >= 4 is 35.7 Å². The minimum Gasteiger partial charge on any atom is -0.463 e. The molecule has 12 nitrogen and oxygen atoms in total. The predicted molar refractivity (Wildman–Crippen MR) is 131 cm³/mol. The Labute approximate surface area is 216 Å². The van der Waals surface area contributed by atoms with E-state index in [9.17, 15) is 19.0 Å². The molecule has 0 heterocycles. The third-order valence-electron chi connectivity index (χ3n) is 4.58. The Balaban J connectivity index is 4.43. The molecule has 2 unspecified atom stereocenters. The number of rotatable bonds is 19. The number of methoxy groups -OCH3 is 2. The Morgan fingerprint density at radius 1 is 0.914 bits per heavy atom. The lowest BCUT2D eigenvalue weighted by Crippen LogP contribution is -2.40. The number of likely N-dealkylation sites (N-methyl/N-ethyl adjacent to an activating group) is 1. The molecule has 0 fully saturated rings. The molecule has 35 heavy (non-hydrogen) atoms. The summed E-state index contributed by atoms with van der Waals surface area (Å²) in [4.78, 5) is 34.7. The van der Waals surface area contributed by atoms with Gasteiger partial charge in [-0.2, -0.15) is 0 Å². The molecule has 0 aromatic rings. The van der Waals surface area contributed by atoms with Gasteiger partial charge in [0, 0.05) is 14.2 Å². The molecule has 0 saturated heterocycles. The van der Waals surface area contributed by atoms with Gasteiger partial charge in [-0.3, -0.25) is 18.6 Å². The highest BCUT2D eigenvalue weighted by molar-refractivity contribution is 9.10. The van der Waals surface area contributed by atoms with E-state index in [4.69, 9.17) is 32.7 Å². The first-order valence-corrected chi connectivity index (χ1v) is 13.3. The Bertz CT molecular complexity index is 693. The number of alkyl halides is 1. The fraction of sp³-hybridized carbons (Fsp3) is 0.905. The minimum atomic E-state index is -4.25. The average molecular weight is 595 g/mol. The first kappa shape index (κ1) is 34.4. The van der Waals surface area contributed by atoms with Crippen molar-refractivity contribution in [3.63, 3.8) is 0 Å². The summed E-state index contributed by atoms with van der Waals surface area (Å²) in [5, 5.41) is 0. The van der Waals surface area contributed by atoms with Crippen molar-refractivity contribution in [1.29, 1.82) is 0 Å². The van der Waals surface area contributed by atoms with E-state index < -0.39 is 35.8 Å². The van der Waals surface area contributed by atoms with Crippen molar-refractivity contribution in [2.75, 3.05) is 81.5 Å². The van der Waals surface area contributed by atoms with Crippen LogP contribution >= 0.6 is 23.8 Å². The number of ether oxygens (including phenoxy) is 5. The molecule has 208 valence electrons. The second kappa shape index (κ2) is 15.6. The second-order valence-corrected chi connectivity index (χ2v) is 12.9. The molecule has 0 aliphatic heterocycles. The summed E-state index contributed by atoms with van der Waals surface area (Å²) in [5.74, 6) is -1.17. The maximum absolute atomic E-state index is 12.5. The molecule has 14 heteroatoms. The van der Waals surface area contributed by atoms with Crippen molar-refractivity contribution in [2.45, 2.75) is 37.8 Å². The van der Waals surface area contributed by atoms with Crippen LogP contribution in [-0.4, -0.2) is 113 Å². The highest BCUT2D eigenvalue weighted by atomic mass is 79.9. The van der Waals surface area contributed by atoms with E-state index in [0.717, 1.165) is 0 Å². The topological polar surface area (TPSA) is 136 Å². The summed E-state index contributed by atoms with van der Waals surface area (Å²) in [6.45, 7) is 5.19. The number of quaternary nitrogens is 1. The Morgan fingerprint density at radius 2 is 1.43 bits per heavy atom. The van der Waals surface area contributed by atoms with Gasteiger partial charge in [-0.1, -0.05) is 15.9 Å². The summed E-state index contributed by atoms with van der Waals surface area (Å²) in [6.07, 6.45) is -0.432. The zero-order chi connectivity index (χ0) is 27.3. The van der Waals surface area contributed by atoms with Crippen LogP contribution in [0, 0.1) is 5.41 Å². The van der Waals surface area contributed by atoms with E-state index in [1.165, 1.54) is 14.2 Å². The van der Waals surface area contributed by atoms with Crippen LogP contribution in [0.25, 0.3) is 0 Å². The van der Waals surface area contributed by atoms with Crippen LogP contribution in [-0.2, 0) is 46.9 Å². The summed E-state index contributed by atoms with van der Waals surface area (Å²) in [5.41, 5.74) is -1.02. The van der Waals surface area contributed by atoms with Crippen molar-refractivity contribution in [2.24, 2.45) is 5.41 Å². The molecule has 0 saturated carbocycles. The molecule has 0 aliphatic rings. The normalized spacial score (nSPS) is 16.0. The largest absolute Gasteiger partial charge is 0.472 e. The van der Waals surface area contributed by atoms with Gasteiger partial charge in [-0.05, 0) is 27.2 Å². The van der Waals surface area contributed by atoms with E-state index in [1.807, 2.05) is 21.1 Å². The number of phosphoric acid groups is 1. The molecule has 0 aromatic carbocycles. The summed E-state index contributed by atoms with van der Waals surface area (Å²) >= 11 is 3.31. The molecule has 1 N–H and O–H groups in total. The standard InChI is InChI=1S/C21H41BrNO11P/c1-20(2,18(24)31-12-11-30-15-17(28-7)29-8)16-21(3,22)19(25)32-13-14-34-35(26,27)33-10-9-23(4,5)6/h17H,9-16H2,1-8H3/p+1. The van der Waals surface area contributed by atoms with Crippen LogP contribution in [0.2, 0.25) is 0 Å². The fourth-order valence-corrected chi connectivity index (χ4v) is 4.19. The van der Waals surface area contributed by atoms with Crippen LogP contribution in [0.15, 0.2) is 0 Å². The molecule has 0 amide bonds. The van der Waals surface area contributed by atoms with E-state index in [2.05, 4.69) is 15.9 Å². The third-order valence-corrected chi connectivity index (χ3v) is 6.20. The maximum atomic E-state index is 12.5. The smallest absolute Gasteiger partial charge is 0.463 e. The fourth-order valence-electron chi connectivity index (χ4n) is 2.68. The predicted octanol–water partition coefficient (Wildman–Crippen LogP) is 2.12. The Morgan fingerprint density at radius 3 is 1.97 bits per heavy atom. The SMILES string of the molecule is COC(COCCOC(=O)C(C)(C)CC(C)(Br)C(=O)OCCOP(=O)(O)OCC[N+](C)(C)C)OC. The number of hydrogen-bond acceptors (Lipinski definition) is 10. The van der Waals surface area contributed by atoms with Crippen LogP contribution < -0.4 is 0 Å². The van der Waals surface area contributed by atoms with E-state index in [-0.39, 0.29) is 46.1 Å². The molecule has 0 spiro atoms. The Kier molecular flexibility index (Phi) is 15.3. The Hall–Kier alpha value is -0.630. The average Bonchev–Trinajstić information content (AvgIpc) is 2.71. The number of phosphoric ester groups is 1. The lowest BCUT2D eigenvalue weighted by atomic mass is 9.83. The first-order chi connectivity index (χ1) is 16.0. The lowest BCUT2D eigenvalue weighted by Gasteiger charge is -2.30. The zero-order valence-corrected chi connectivity index (χ0v) is 24.5. The number of hydrogen-bond donors (Lipinski definition) is 1. The zero-order valence-electron chi connectivity index (χ0n) is 22.0. The van der Waals surface area contributed by atoms with Crippen LogP contribution in [0.4, 0.5) is 0 Å². The number of halogens is 1. The molecule has 2 atom stereocenters. The molecule has 0 bridgehead atoms. The van der Waals surface area contributed by atoms with Crippen molar-refractivity contribution < 1.29 is 56.3 Å². The van der Waals surface area contributed by atoms with Gasteiger partial charge in [0.15, 0.2) is 6.29 Å². The number of carbonyl (C=O) groups is 2. The van der Waals surface area contributed by atoms with Crippen LogP contribution in [0.3, 0.4) is 0 Å². The highest BCUT2D eigenvalue weighted by Gasteiger charge is 2.42. The van der Waals surface area contributed by atoms with Crippen molar-refractivity contribution in [3.05, 3.63) is 0 Å². The molecule has 0 radical (unpaired) electrons. The monoisotopic (exact) mass is 594 g/mol. The van der Waals surface area contributed by atoms with E-state index in [1.54, 1.807) is 20.8 Å². The van der Waals surface area contributed by atoms with Gasteiger partial charge in [0.2, 0.25) is 0 Å². The molecule has 0 aromatic heterocycles. The number of carbonyl (C=O) groups excluding carboxylic acids is 2. The minimum absolute atomic E-state index is 0.0290. The van der Waals surface area contributed by atoms with Crippen LogP contribution in [0.5, 0.6) is 0 Å². The summed E-state index contributed by atoms with van der Waals surface area (Å²) in [7, 11) is 4.48. The van der Waals surface area contributed by atoms with Gasteiger partial charge in [-0.25, -0.2) is 4.57 Å². The maximum Gasteiger partial charge on any atom is 0.472 e. The van der Waals surface area contributed by atoms with Gasteiger partial charge >= 0.3 is 19.8 Å². The summed E-state index contributed by atoms with van der Waals surface area (Å²) in [6, 6.07) is 0. The first-order valence-electron chi connectivity index (χ1n) is 11.0. The van der Waals surface area contributed by atoms with Gasteiger partial charge in [0.25, 0.3) is 0 Å². The molecule has 0 rings (SSSR count). The second-order valence-electron chi connectivity index (χ2n) is 9.65. The third kappa shape index (κ3) is 16.0. The molecular formula is C21H42BrNO11P+. The molecule has 0 aliphatic carbocycles. The van der Waals surface area contributed by atoms with Gasteiger partial charge in [0.1, 0.15) is 30.7 Å². The van der Waals surface area contributed by atoms with Gasteiger partial charge in [-0.15, -0.1) is 0 Å². The summed E-state index contributed by atoms with van der Waals surface area (Å²) < 4.78 is 46.7. The van der Waals surface area contributed by atoms with Gasteiger partial charge < -0.3 is 33.1 Å². The lowest BCUT2D eigenvalue weighted by molar-refractivity contribution is -0.870. The van der Waals surface area contributed by atoms with Gasteiger partial charge in [0.05, 0.1) is 46.4 Å². The highest BCUT2D eigenvalue weighted by Crippen LogP contribution is 2.43. The van der Waals surface area contributed by atoms with Crippen molar-refractivity contribution in [1.82, 2.24) is 0 Å². The quantitative estimate of drug-likeness (QED) is 0.0588. The number of nitrogens with zero attached hydrogens (tertiary/aromatic N) is 1. The van der Waals surface area contributed by atoms with E-state index >= 15 is 0 Å². The van der Waals surface area contributed by atoms with E-state index in [0.29, 0.717) is 11.0 Å². The van der Waals surface area contributed by atoms with Crippen molar-refractivity contribution in [3.8, 4) is 0 Å². The molecular weight excluding hydrogens is 553 g/mol. The van der Waals surface area contributed by atoms with Crippen LogP contribution in [0.1, 0.15) is 27.2 Å². The number of esters is 2.